The van der Waals surface area contributed by atoms with Crippen LogP contribution in [0.5, 0.6) is 0 Å². The molecular formula is C11H17N5O2. The maximum absolute atomic E-state index is 12.0. The Labute approximate surface area is 105 Å². The summed E-state index contributed by atoms with van der Waals surface area (Å²) in [6.45, 7) is 1.32. The summed E-state index contributed by atoms with van der Waals surface area (Å²) in [5.74, 6) is -0.391. The lowest BCUT2D eigenvalue weighted by atomic mass is 9.96. The third-order valence-electron chi connectivity index (χ3n) is 3.20. The van der Waals surface area contributed by atoms with Crippen molar-refractivity contribution in [3.05, 3.63) is 12.4 Å². The van der Waals surface area contributed by atoms with Crippen LogP contribution in [0.2, 0.25) is 0 Å². The van der Waals surface area contributed by atoms with Crippen molar-refractivity contribution >= 4 is 17.5 Å². The number of nitrogen functional groups attached to an aromatic ring is 1. The Morgan fingerprint density at radius 1 is 1.39 bits per heavy atom. The minimum absolute atomic E-state index is 0.0129. The second-order valence-corrected chi connectivity index (χ2v) is 4.53. The lowest BCUT2D eigenvalue weighted by molar-refractivity contribution is -0.135. The summed E-state index contributed by atoms with van der Waals surface area (Å²) in [5.41, 5.74) is 11.3. The molecule has 1 aromatic heterocycles. The lowest BCUT2D eigenvalue weighted by Crippen LogP contribution is -2.43. The molecular weight excluding hydrogens is 234 g/mol. The monoisotopic (exact) mass is 251 g/mol. The van der Waals surface area contributed by atoms with Gasteiger partial charge in [-0.2, -0.15) is 5.10 Å². The molecule has 0 saturated carbocycles. The van der Waals surface area contributed by atoms with E-state index in [0.29, 0.717) is 31.6 Å². The smallest absolute Gasteiger partial charge is 0.244 e. The normalized spacial score (nSPS) is 16.8. The van der Waals surface area contributed by atoms with E-state index in [-0.39, 0.29) is 24.3 Å². The van der Waals surface area contributed by atoms with Crippen molar-refractivity contribution in [2.45, 2.75) is 19.4 Å². The van der Waals surface area contributed by atoms with Crippen LogP contribution in [0.15, 0.2) is 12.4 Å². The number of aromatic nitrogens is 2. The maximum Gasteiger partial charge on any atom is 0.244 e. The first-order chi connectivity index (χ1) is 8.56. The SMILES string of the molecule is NC(=O)C1CCN(C(=O)Cn2cc(N)cn2)CC1. The third kappa shape index (κ3) is 2.79. The number of carbonyl (C=O) groups excluding carboxylic acids is 2. The Balaban J connectivity index is 1.86. The first kappa shape index (κ1) is 12.4. The Morgan fingerprint density at radius 2 is 2.06 bits per heavy atom. The van der Waals surface area contributed by atoms with Crippen molar-refractivity contribution in [1.82, 2.24) is 14.7 Å². The van der Waals surface area contributed by atoms with Crippen LogP contribution in [-0.2, 0) is 16.1 Å². The molecule has 0 unspecified atom stereocenters. The summed E-state index contributed by atoms with van der Waals surface area (Å²) in [7, 11) is 0. The number of nitrogens with two attached hydrogens (primary N) is 2. The van der Waals surface area contributed by atoms with Crippen LogP contribution in [0.4, 0.5) is 5.69 Å². The number of primary amides is 1. The van der Waals surface area contributed by atoms with Crippen LogP contribution in [0.3, 0.4) is 0 Å². The molecule has 98 valence electrons. The highest BCUT2D eigenvalue weighted by molar-refractivity contribution is 5.78. The quantitative estimate of drug-likeness (QED) is 0.732. The molecule has 0 aliphatic carbocycles. The molecule has 2 rings (SSSR count). The number of likely N-dealkylation sites (tertiary alicyclic amines) is 1. The molecule has 1 fully saturated rings. The van der Waals surface area contributed by atoms with E-state index in [1.807, 2.05) is 0 Å². The van der Waals surface area contributed by atoms with Gasteiger partial charge in [-0.25, -0.2) is 0 Å². The number of piperidine rings is 1. The molecule has 1 aliphatic heterocycles. The molecule has 0 aromatic carbocycles. The second kappa shape index (κ2) is 5.07. The summed E-state index contributed by atoms with van der Waals surface area (Å²) in [6.07, 6.45) is 4.41. The van der Waals surface area contributed by atoms with Crippen molar-refractivity contribution in [3.63, 3.8) is 0 Å². The van der Waals surface area contributed by atoms with Gasteiger partial charge in [-0.05, 0) is 12.8 Å². The van der Waals surface area contributed by atoms with Crippen LogP contribution in [0.25, 0.3) is 0 Å². The molecule has 2 heterocycles. The van der Waals surface area contributed by atoms with E-state index in [1.54, 1.807) is 11.1 Å². The van der Waals surface area contributed by atoms with Gasteiger partial charge < -0.3 is 16.4 Å². The van der Waals surface area contributed by atoms with Crippen molar-refractivity contribution in [1.29, 1.82) is 0 Å². The van der Waals surface area contributed by atoms with Gasteiger partial charge in [-0.15, -0.1) is 0 Å². The number of hydrogen-bond donors (Lipinski definition) is 2. The van der Waals surface area contributed by atoms with Crippen molar-refractivity contribution in [2.75, 3.05) is 18.8 Å². The number of anilines is 1. The zero-order chi connectivity index (χ0) is 13.1. The molecule has 7 heteroatoms. The summed E-state index contributed by atoms with van der Waals surface area (Å²) in [5, 5.41) is 3.96. The van der Waals surface area contributed by atoms with Gasteiger partial charge in [0.2, 0.25) is 11.8 Å². The highest BCUT2D eigenvalue weighted by atomic mass is 16.2. The fourth-order valence-electron chi connectivity index (χ4n) is 2.12. The fourth-order valence-corrected chi connectivity index (χ4v) is 2.12. The summed E-state index contributed by atoms with van der Waals surface area (Å²) in [4.78, 5) is 24.7. The fraction of sp³-hybridized carbons (Fsp3) is 0.545. The van der Waals surface area contributed by atoms with Crippen molar-refractivity contribution < 1.29 is 9.59 Å². The highest BCUT2D eigenvalue weighted by Crippen LogP contribution is 2.16. The van der Waals surface area contributed by atoms with Crippen LogP contribution >= 0.6 is 0 Å². The van der Waals surface area contributed by atoms with Gasteiger partial charge in [-0.3, -0.25) is 14.3 Å². The lowest BCUT2D eigenvalue weighted by Gasteiger charge is -2.30. The molecule has 1 aromatic rings. The average Bonchev–Trinajstić information content (AvgIpc) is 2.75. The van der Waals surface area contributed by atoms with Gasteiger partial charge in [0, 0.05) is 25.2 Å². The highest BCUT2D eigenvalue weighted by Gasteiger charge is 2.25. The van der Waals surface area contributed by atoms with E-state index in [9.17, 15) is 9.59 Å². The minimum Gasteiger partial charge on any atom is -0.396 e. The number of carbonyl (C=O) groups is 2. The Hall–Kier alpha value is -2.05. The zero-order valence-electron chi connectivity index (χ0n) is 10.1. The third-order valence-corrected chi connectivity index (χ3v) is 3.20. The van der Waals surface area contributed by atoms with E-state index in [1.165, 1.54) is 10.9 Å². The second-order valence-electron chi connectivity index (χ2n) is 4.53. The first-order valence-corrected chi connectivity index (χ1v) is 5.91. The van der Waals surface area contributed by atoms with Crippen molar-refractivity contribution in [3.8, 4) is 0 Å². The molecule has 1 aliphatic rings. The Kier molecular flexibility index (Phi) is 3.50. The zero-order valence-corrected chi connectivity index (χ0v) is 10.1. The standard InChI is InChI=1S/C11H17N5O2/c12-9-5-14-16(6-9)7-10(17)15-3-1-8(2-4-15)11(13)18/h5-6,8H,1-4,7,12H2,(H2,13,18). The van der Waals surface area contributed by atoms with Crippen LogP contribution in [0, 0.1) is 5.92 Å². The van der Waals surface area contributed by atoms with Gasteiger partial charge in [0.15, 0.2) is 0 Å². The average molecular weight is 251 g/mol. The van der Waals surface area contributed by atoms with Gasteiger partial charge in [0.1, 0.15) is 6.54 Å². The van der Waals surface area contributed by atoms with Gasteiger partial charge >= 0.3 is 0 Å². The Bertz CT molecular complexity index is 448. The predicted octanol–water partition coefficient (Wildman–Crippen LogP) is -0.811. The number of nitrogens with zero attached hydrogens (tertiary/aromatic N) is 3. The van der Waals surface area contributed by atoms with E-state index in [4.69, 9.17) is 11.5 Å². The van der Waals surface area contributed by atoms with E-state index in [0.717, 1.165) is 0 Å². The molecule has 1 saturated heterocycles. The van der Waals surface area contributed by atoms with Crippen LogP contribution in [0.1, 0.15) is 12.8 Å². The van der Waals surface area contributed by atoms with E-state index < -0.39 is 0 Å². The van der Waals surface area contributed by atoms with Gasteiger partial charge in [0.25, 0.3) is 0 Å². The number of amides is 2. The molecule has 0 bridgehead atoms. The van der Waals surface area contributed by atoms with Gasteiger partial charge in [0.05, 0.1) is 11.9 Å². The molecule has 4 N–H and O–H groups in total. The largest absolute Gasteiger partial charge is 0.396 e. The Morgan fingerprint density at radius 3 is 2.56 bits per heavy atom. The minimum atomic E-state index is -0.276. The van der Waals surface area contributed by atoms with Crippen molar-refractivity contribution in [2.24, 2.45) is 11.7 Å². The maximum atomic E-state index is 12.0. The molecule has 18 heavy (non-hydrogen) atoms. The molecule has 0 radical (unpaired) electrons. The van der Waals surface area contributed by atoms with Crippen LogP contribution in [-0.4, -0.2) is 39.6 Å². The molecule has 7 nitrogen and oxygen atoms in total. The summed E-state index contributed by atoms with van der Waals surface area (Å²) >= 11 is 0. The first-order valence-electron chi connectivity index (χ1n) is 5.91. The van der Waals surface area contributed by atoms with E-state index in [2.05, 4.69) is 5.10 Å². The predicted molar refractivity (Wildman–Crippen MR) is 65.1 cm³/mol. The van der Waals surface area contributed by atoms with Gasteiger partial charge in [-0.1, -0.05) is 0 Å². The van der Waals surface area contributed by atoms with Crippen LogP contribution < -0.4 is 11.5 Å². The number of rotatable bonds is 3. The molecule has 0 spiro atoms. The topological polar surface area (TPSA) is 107 Å². The summed E-state index contributed by atoms with van der Waals surface area (Å²) < 4.78 is 1.51. The molecule has 2 amide bonds. The number of hydrogen-bond acceptors (Lipinski definition) is 4. The van der Waals surface area contributed by atoms with E-state index >= 15 is 0 Å². The summed E-state index contributed by atoms with van der Waals surface area (Å²) in [6, 6.07) is 0. The molecule has 0 atom stereocenters.